The summed E-state index contributed by atoms with van der Waals surface area (Å²) in [4.78, 5) is 17.7. The summed E-state index contributed by atoms with van der Waals surface area (Å²) in [5.74, 6) is 0.0816. The van der Waals surface area contributed by atoms with Crippen molar-refractivity contribution in [3.05, 3.63) is 29.6 Å². The molecule has 2 heterocycles. The van der Waals surface area contributed by atoms with Gasteiger partial charge in [-0.25, -0.2) is 4.98 Å². The van der Waals surface area contributed by atoms with E-state index in [1.807, 2.05) is 29.6 Å². The van der Waals surface area contributed by atoms with Crippen molar-refractivity contribution in [1.29, 1.82) is 0 Å². The third-order valence-corrected chi connectivity index (χ3v) is 3.83. The number of hydrogen-bond donors (Lipinski definition) is 2. The predicted molar refractivity (Wildman–Crippen MR) is 76.9 cm³/mol. The van der Waals surface area contributed by atoms with Crippen LogP contribution in [0.4, 0.5) is 10.8 Å². The van der Waals surface area contributed by atoms with Gasteiger partial charge in [-0.05, 0) is 12.1 Å². The van der Waals surface area contributed by atoms with Crippen molar-refractivity contribution in [3.63, 3.8) is 0 Å². The molecule has 0 spiro atoms. The predicted octanol–water partition coefficient (Wildman–Crippen LogP) is 1.46. The molecule has 1 aromatic carbocycles. The minimum atomic E-state index is -0.0643. The molecular formula is C13H14N4OS. The van der Waals surface area contributed by atoms with Crippen molar-refractivity contribution in [3.8, 4) is 11.3 Å². The molecule has 1 aliphatic heterocycles. The average molecular weight is 274 g/mol. The molecule has 2 aromatic rings. The minimum Gasteiger partial charge on any atom is -0.375 e. The molecule has 0 radical (unpaired) electrons. The monoisotopic (exact) mass is 274 g/mol. The molecule has 4 N–H and O–H groups in total. The molecule has 1 fully saturated rings. The van der Waals surface area contributed by atoms with Crippen LogP contribution in [0.2, 0.25) is 0 Å². The first-order chi connectivity index (χ1) is 9.13. The minimum absolute atomic E-state index is 0.0643. The Hall–Kier alpha value is -1.92. The first kappa shape index (κ1) is 12.1. The molecule has 1 saturated heterocycles. The summed E-state index contributed by atoms with van der Waals surface area (Å²) in [5, 5.41) is 2.47. The number of aromatic nitrogens is 1. The zero-order chi connectivity index (χ0) is 13.4. The second kappa shape index (κ2) is 4.64. The highest BCUT2D eigenvalue weighted by molar-refractivity contribution is 7.13. The maximum atomic E-state index is 11.8. The molecule has 19 heavy (non-hydrogen) atoms. The fourth-order valence-corrected chi connectivity index (χ4v) is 2.79. The SMILES string of the molecule is Nc1nc(-c2ccc(N3CC(N)CC3=O)cc2)cs1. The van der Waals surface area contributed by atoms with Gasteiger partial charge < -0.3 is 16.4 Å². The fraction of sp³-hybridized carbons (Fsp3) is 0.231. The standard InChI is InChI=1S/C13H14N4OS/c14-9-5-12(18)17(6-9)10-3-1-8(2-4-10)11-7-19-13(15)16-11/h1-4,7,9H,5-6,14H2,(H2,15,16). The molecule has 1 amide bonds. The second-order valence-corrected chi connectivity index (χ2v) is 5.48. The van der Waals surface area contributed by atoms with Crippen molar-refractivity contribution < 1.29 is 4.79 Å². The molecule has 1 aromatic heterocycles. The lowest BCUT2D eigenvalue weighted by atomic mass is 10.1. The zero-order valence-corrected chi connectivity index (χ0v) is 11.1. The number of thiazole rings is 1. The van der Waals surface area contributed by atoms with Crippen LogP contribution in [0.25, 0.3) is 11.3 Å². The van der Waals surface area contributed by atoms with Gasteiger partial charge in [-0.2, -0.15) is 0 Å². The molecule has 5 nitrogen and oxygen atoms in total. The maximum Gasteiger partial charge on any atom is 0.228 e. The lowest BCUT2D eigenvalue weighted by Gasteiger charge is -2.16. The van der Waals surface area contributed by atoms with Crippen LogP contribution in [0.1, 0.15) is 6.42 Å². The van der Waals surface area contributed by atoms with Gasteiger partial charge in [-0.3, -0.25) is 4.79 Å². The van der Waals surface area contributed by atoms with Crippen molar-refractivity contribution in [2.75, 3.05) is 17.2 Å². The van der Waals surface area contributed by atoms with Crippen molar-refractivity contribution in [2.24, 2.45) is 5.73 Å². The Morgan fingerprint density at radius 3 is 2.58 bits per heavy atom. The molecule has 1 atom stereocenters. The summed E-state index contributed by atoms with van der Waals surface area (Å²) in [6, 6.07) is 7.66. The van der Waals surface area contributed by atoms with Crippen molar-refractivity contribution in [2.45, 2.75) is 12.5 Å². The topological polar surface area (TPSA) is 85.2 Å². The molecule has 0 saturated carbocycles. The van der Waals surface area contributed by atoms with E-state index >= 15 is 0 Å². The average Bonchev–Trinajstić information content (AvgIpc) is 2.96. The zero-order valence-electron chi connectivity index (χ0n) is 10.2. The smallest absolute Gasteiger partial charge is 0.228 e. The summed E-state index contributed by atoms with van der Waals surface area (Å²) in [6.45, 7) is 0.585. The van der Waals surface area contributed by atoms with Gasteiger partial charge in [0, 0.05) is 35.6 Å². The van der Waals surface area contributed by atoms with Crippen molar-refractivity contribution >= 4 is 28.1 Å². The second-order valence-electron chi connectivity index (χ2n) is 4.59. The van der Waals surface area contributed by atoms with Crippen LogP contribution in [0.3, 0.4) is 0 Å². The highest BCUT2D eigenvalue weighted by atomic mass is 32.1. The van der Waals surface area contributed by atoms with Crippen LogP contribution >= 0.6 is 11.3 Å². The van der Waals surface area contributed by atoms with Gasteiger partial charge in [0.15, 0.2) is 5.13 Å². The fourth-order valence-electron chi connectivity index (χ4n) is 2.22. The van der Waals surface area contributed by atoms with E-state index in [0.29, 0.717) is 18.1 Å². The van der Waals surface area contributed by atoms with Crippen LogP contribution in [-0.2, 0) is 4.79 Å². The number of amides is 1. The number of benzene rings is 1. The first-order valence-electron chi connectivity index (χ1n) is 6.01. The van der Waals surface area contributed by atoms with Gasteiger partial charge in [-0.1, -0.05) is 12.1 Å². The molecular weight excluding hydrogens is 260 g/mol. The first-order valence-corrected chi connectivity index (χ1v) is 6.89. The molecule has 3 rings (SSSR count). The van der Waals surface area contributed by atoms with E-state index in [4.69, 9.17) is 11.5 Å². The number of anilines is 2. The number of carbonyl (C=O) groups excluding carboxylic acids is 1. The van der Waals surface area contributed by atoms with Gasteiger partial charge in [0.2, 0.25) is 5.91 Å². The number of carbonyl (C=O) groups is 1. The molecule has 1 unspecified atom stereocenters. The quantitative estimate of drug-likeness (QED) is 0.868. The Morgan fingerprint density at radius 1 is 1.32 bits per heavy atom. The lowest BCUT2D eigenvalue weighted by Crippen LogP contribution is -2.27. The number of hydrogen-bond acceptors (Lipinski definition) is 5. The van der Waals surface area contributed by atoms with Crippen LogP contribution in [0.5, 0.6) is 0 Å². The number of rotatable bonds is 2. The van der Waals surface area contributed by atoms with Crippen LogP contribution < -0.4 is 16.4 Å². The van der Waals surface area contributed by atoms with Crippen LogP contribution in [-0.4, -0.2) is 23.5 Å². The van der Waals surface area contributed by atoms with Gasteiger partial charge in [0.1, 0.15) is 0 Å². The third-order valence-electron chi connectivity index (χ3n) is 3.15. The summed E-state index contributed by atoms with van der Waals surface area (Å²) in [7, 11) is 0. The molecule has 98 valence electrons. The molecule has 6 heteroatoms. The van der Waals surface area contributed by atoms with E-state index in [1.54, 1.807) is 4.90 Å². The highest BCUT2D eigenvalue weighted by Crippen LogP contribution is 2.27. The van der Waals surface area contributed by atoms with Gasteiger partial charge in [-0.15, -0.1) is 11.3 Å². The van der Waals surface area contributed by atoms with Crippen LogP contribution in [0, 0.1) is 0 Å². The van der Waals surface area contributed by atoms with Gasteiger partial charge in [0.05, 0.1) is 5.69 Å². The number of nitrogens with zero attached hydrogens (tertiary/aromatic N) is 2. The van der Waals surface area contributed by atoms with E-state index in [9.17, 15) is 4.79 Å². The number of nitrogens with two attached hydrogens (primary N) is 2. The third kappa shape index (κ3) is 2.32. The van der Waals surface area contributed by atoms with Crippen LogP contribution in [0.15, 0.2) is 29.6 Å². The molecule has 0 aliphatic carbocycles. The summed E-state index contributed by atoms with van der Waals surface area (Å²) < 4.78 is 0. The summed E-state index contributed by atoms with van der Waals surface area (Å²) >= 11 is 1.42. The Morgan fingerprint density at radius 2 is 2.05 bits per heavy atom. The van der Waals surface area contributed by atoms with E-state index in [0.717, 1.165) is 16.9 Å². The number of nitrogen functional groups attached to an aromatic ring is 1. The van der Waals surface area contributed by atoms with E-state index in [1.165, 1.54) is 11.3 Å². The Labute approximate surface area is 114 Å². The normalized spacial score (nSPS) is 19.1. The van der Waals surface area contributed by atoms with Crippen molar-refractivity contribution in [1.82, 2.24) is 4.98 Å². The maximum absolute atomic E-state index is 11.8. The lowest BCUT2D eigenvalue weighted by molar-refractivity contribution is -0.117. The largest absolute Gasteiger partial charge is 0.375 e. The molecule has 1 aliphatic rings. The summed E-state index contributed by atoms with van der Waals surface area (Å²) in [5.41, 5.74) is 14.1. The van der Waals surface area contributed by atoms with E-state index < -0.39 is 0 Å². The van der Waals surface area contributed by atoms with Gasteiger partial charge >= 0.3 is 0 Å². The van der Waals surface area contributed by atoms with E-state index in [2.05, 4.69) is 4.98 Å². The summed E-state index contributed by atoms with van der Waals surface area (Å²) in [6.07, 6.45) is 0.421. The Bertz CT molecular complexity index is 607. The molecule has 0 bridgehead atoms. The van der Waals surface area contributed by atoms with Gasteiger partial charge in [0.25, 0.3) is 0 Å². The Balaban J connectivity index is 1.85. The van der Waals surface area contributed by atoms with E-state index in [-0.39, 0.29) is 11.9 Å². The highest BCUT2D eigenvalue weighted by Gasteiger charge is 2.27. The Kier molecular flexibility index (Phi) is 2.96.